The SMILES string of the molecule is Cc1csc(NC(=O)CSc2nc(CC(=O)O)cs2)n1. The molecule has 1 amide bonds. The van der Waals surface area contributed by atoms with Gasteiger partial charge in [0.15, 0.2) is 9.47 Å². The van der Waals surface area contributed by atoms with Crippen LogP contribution in [0, 0.1) is 6.92 Å². The van der Waals surface area contributed by atoms with Gasteiger partial charge in [-0.05, 0) is 6.92 Å². The fraction of sp³-hybridized carbons (Fsp3) is 0.273. The van der Waals surface area contributed by atoms with E-state index in [0.717, 1.165) is 5.69 Å². The van der Waals surface area contributed by atoms with Gasteiger partial charge in [0, 0.05) is 10.8 Å². The molecular formula is C11H11N3O3S3. The number of thioether (sulfide) groups is 1. The zero-order valence-corrected chi connectivity index (χ0v) is 12.9. The van der Waals surface area contributed by atoms with Crippen LogP contribution in [-0.4, -0.2) is 32.7 Å². The van der Waals surface area contributed by atoms with Crippen molar-refractivity contribution in [2.24, 2.45) is 0 Å². The second kappa shape index (κ2) is 6.82. The Kier molecular flexibility index (Phi) is 5.10. The van der Waals surface area contributed by atoms with E-state index in [0.29, 0.717) is 15.2 Å². The second-order valence-electron chi connectivity index (χ2n) is 3.81. The van der Waals surface area contributed by atoms with E-state index in [1.807, 2.05) is 12.3 Å². The van der Waals surface area contributed by atoms with Gasteiger partial charge in [-0.25, -0.2) is 9.97 Å². The number of nitrogens with one attached hydrogen (secondary N) is 1. The molecule has 0 saturated heterocycles. The number of hydrogen-bond acceptors (Lipinski definition) is 7. The van der Waals surface area contributed by atoms with Crippen molar-refractivity contribution >= 4 is 51.4 Å². The summed E-state index contributed by atoms with van der Waals surface area (Å²) in [5, 5.41) is 15.5. The minimum atomic E-state index is -0.913. The average molecular weight is 329 g/mol. The summed E-state index contributed by atoms with van der Waals surface area (Å²) >= 11 is 4.00. The first-order valence-corrected chi connectivity index (χ1v) is 8.28. The number of hydrogen-bond donors (Lipinski definition) is 2. The zero-order chi connectivity index (χ0) is 14.5. The van der Waals surface area contributed by atoms with Crippen LogP contribution in [0.25, 0.3) is 0 Å². The van der Waals surface area contributed by atoms with Gasteiger partial charge in [0.2, 0.25) is 5.91 Å². The lowest BCUT2D eigenvalue weighted by Gasteiger charge is -1.99. The molecule has 9 heteroatoms. The van der Waals surface area contributed by atoms with Crippen LogP contribution in [0.2, 0.25) is 0 Å². The summed E-state index contributed by atoms with van der Waals surface area (Å²) in [5.74, 6) is -0.846. The van der Waals surface area contributed by atoms with Gasteiger partial charge in [0.05, 0.1) is 23.6 Å². The van der Waals surface area contributed by atoms with Gasteiger partial charge in [-0.2, -0.15) is 0 Å². The van der Waals surface area contributed by atoms with E-state index in [9.17, 15) is 9.59 Å². The minimum Gasteiger partial charge on any atom is -0.481 e. The largest absolute Gasteiger partial charge is 0.481 e. The normalized spacial score (nSPS) is 10.4. The summed E-state index contributed by atoms with van der Waals surface area (Å²) in [6, 6.07) is 0. The molecule has 0 unspecified atom stereocenters. The molecular weight excluding hydrogens is 318 g/mol. The third kappa shape index (κ3) is 4.58. The lowest BCUT2D eigenvalue weighted by molar-refractivity contribution is -0.136. The molecule has 0 radical (unpaired) electrons. The maximum atomic E-state index is 11.7. The summed E-state index contributed by atoms with van der Waals surface area (Å²) in [6.07, 6.45) is -0.0956. The van der Waals surface area contributed by atoms with E-state index in [1.54, 1.807) is 5.38 Å². The molecule has 20 heavy (non-hydrogen) atoms. The molecule has 0 aromatic carbocycles. The number of carboxylic acids is 1. The van der Waals surface area contributed by atoms with Gasteiger partial charge in [0.25, 0.3) is 0 Å². The Morgan fingerprint density at radius 1 is 1.35 bits per heavy atom. The maximum absolute atomic E-state index is 11.7. The Balaban J connectivity index is 1.81. The smallest absolute Gasteiger partial charge is 0.309 e. The number of thiazole rings is 2. The van der Waals surface area contributed by atoms with Crippen molar-refractivity contribution in [1.82, 2.24) is 9.97 Å². The van der Waals surface area contributed by atoms with Crippen molar-refractivity contribution in [3.8, 4) is 0 Å². The first-order valence-electron chi connectivity index (χ1n) is 5.54. The highest BCUT2D eigenvalue weighted by atomic mass is 32.2. The molecule has 0 aliphatic carbocycles. The lowest BCUT2D eigenvalue weighted by atomic mass is 10.3. The summed E-state index contributed by atoms with van der Waals surface area (Å²) in [7, 11) is 0. The van der Waals surface area contributed by atoms with Crippen molar-refractivity contribution in [3.63, 3.8) is 0 Å². The third-order valence-corrected chi connectivity index (χ3v) is 5.00. The van der Waals surface area contributed by atoms with E-state index >= 15 is 0 Å². The van der Waals surface area contributed by atoms with Crippen LogP contribution < -0.4 is 5.32 Å². The van der Waals surface area contributed by atoms with Gasteiger partial charge in [0.1, 0.15) is 0 Å². The molecule has 6 nitrogen and oxygen atoms in total. The number of aryl methyl sites for hydroxylation is 1. The lowest BCUT2D eigenvalue weighted by Crippen LogP contribution is -2.13. The number of carbonyl (C=O) groups is 2. The quantitative estimate of drug-likeness (QED) is 0.790. The maximum Gasteiger partial charge on any atom is 0.309 e. The Labute approximate surface area is 127 Å². The molecule has 2 rings (SSSR count). The fourth-order valence-electron chi connectivity index (χ4n) is 1.28. The third-order valence-electron chi connectivity index (χ3n) is 2.06. The summed E-state index contributed by atoms with van der Waals surface area (Å²) < 4.78 is 0.687. The van der Waals surface area contributed by atoms with Crippen molar-refractivity contribution in [2.45, 2.75) is 17.7 Å². The standard InChI is InChI=1S/C11H11N3O3S3/c1-6-3-18-10(12-6)14-8(15)5-20-11-13-7(4-19-11)2-9(16)17/h3-4H,2,5H2,1H3,(H,16,17)(H,12,14,15). The Hall–Kier alpha value is -1.45. The summed E-state index contributed by atoms with van der Waals surface area (Å²) in [6.45, 7) is 1.86. The topological polar surface area (TPSA) is 92.2 Å². The molecule has 0 aliphatic rings. The fourth-order valence-corrected chi connectivity index (χ4v) is 3.63. The van der Waals surface area contributed by atoms with Crippen LogP contribution in [0.4, 0.5) is 5.13 Å². The highest BCUT2D eigenvalue weighted by molar-refractivity contribution is 8.01. The van der Waals surface area contributed by atoms with Crippen molar-refractivity contribution in [3.05, 3.63) is 22.1 Å². The number of carboxylic acid groups (broad SMARTS) is 1. The van der Waals surface area contributed by atoms with E-state index in [2.05, 4.69) is 15.3 Å². The van der Waals surface area contributed by atoms with Crippen molar-refractivity contribution < 1.29 is 14.7 Å². The number of aromatic nitrogens is 2. The molecule has 2 N–H and O–H groups in total. The van der Waals surface area contributed by atoms with Crippen LogP contribution in [-0.2, 0) is 16.0 Å². The van der Waals surface area contributed by atoms with Crippen LogP contribution >= 0.6 is 34.4 Å². The summed E-state index contributed by atoms with van der Waals surface area (Å²) in [5.41, 5.74) is 1.39. The molecule has 2 heterocycles. The highest BCUT2D eigenvalue weighted by Gasteiger charge is 2.10. The minimum absolute atomic E-state index is 0.0956. The van der Waals surface area contributed by atoms with Gasteiger partial charge >= 0.3 is 5.97 Å². The molecule has 2 aromatic heterocycles. The number of carbonyl (C=O) groups excluding carboxylic acids is 1. The molecule has 0 spiro atoms. The van der Waals surface area contributed by atoms with E-state index < -0.39 is 5.97 Å². The van der Waals surface area contributed by atoms with Crippen molar-refractivity contribution in [2.75, 3.05) is 11.1 Å². The van der Waals surface area contributed by atoms with E-state index in [1.165, 1.54) is 34.4 Å². The predicted octanol–water partition coefficient (Wildman–Crippen LogP) is 2.27. The van der Waals surface area contributed by atoms with Crippen LogP contribution in [0.5, 0.6) is 0 Å². The summed E-state index contributed by atoms with van der Waals surface area (Å²) in [4.78, 5) is 30.5. The molecule has 0 atom stereocenters. The van der Waals surface area contributed by atoms with E-state index in [4.69, 9.17) is 5.11 Å². The number of rotatable bonds is 6. The zero-order valence-electron chi connectivity index (χ0n) is 10.5. The van der Waals surface area contributed by atoms with E-state index in [-0.39, 0.29) is 18.1 Å². The van der Waals surface area contributed by atoms with Gasteiger partial charge in [-0.1, -0.05) is 11.8 Å². The van der Waals surface area contributed by atoms with Crippen LogP contribution in [0.1, 0.15) is 11.4 Å². The predicted molar refractivity (Wildman–Crippen MR) is 79.7 cm³/mol. The number of anilines is 1. The molecule has 0 saturated carbocycles. The molecule has 106 valence electrons. The van der Waals surface area contributed by atoms with Gasteiger partial charge < -0.3 is 10.4 Å². The monoisotopic (exact) mass is 329 g/mol. The molecule has 0 fully saturated rings. The Morgan fingerprint density at radius 2 is 2.15 bits per heavy atom. The number of nitrogens with zero attached hydrogens (tertiary/aromatic N) is 2. The average Bonchev–Trinajstić information content (AvgIpc) is 2.96. The van der Waals surface area contributed by atoms with Crippen molar-refractivity contribution in [1.29, 1.82) is 0 Å². The molecule has 0 bridgehead atoms. The Morgan fingerprint density at radius 3 is 2.80 bits per heavy atom. The highest BCUT2D eigenvalue weighted by Crippen LogP contribution is 2.23. The number of aliphatic carboxylic acids is 1. The van der Waals surface area contributed by atoms with Crippen LogP contribution in [0.3, 0.4) is 0 Å². The van der Waals surface area contributed by atoms with Gasteiger partial charge in [-0.15, -0.1) is 22.7 Å². The first kappa shape index (κ1) is 14.9. The van der Waals surface area contributed by atoms with Crippen LogP contribution in [0.15, 0.2) is 15.1 Å². The molecule has 0 aliphatic heterocycles. The van der Waals surface area contributed by atoms with Gasteiger partial charge in [-0.3, -0.25) is 9.59 Å². The second-order valence-corrected chi connectivity index (χ2v) is 6.74. The number of amides is 1. The Bertz CT molecular complexity index is 623. The first-order chi connectivity index (χ1) is 9.52. The molecule has 2 aromatic rings.